The van der Waals surface area contributed by atoms with E-state index < -0.39 is 10.8 Å². The lowest BCUT2D eigenvalue weighted by molar-refractivity contribution is -0.141. The Kier molecular flexibility index (Phi) is 25.9. The molecule has 10 atom stereocenters. The molecule has 2 saturated carbocycles. The fourth-order valence-electron chi connectivity index (χ4n) is 10.3. The SMILES string of the molecule is CC(C)OCCOC1C2SC(=C3C(=O)N(C)N(C)C3=O)SC2C(OCCOC(C)C)C2SC(=C3C(=O)N(C)N(C)C3=O)SC12.[C-]#[N+]C(C(=O)C(C)(C)C)=C1SC2C(OCCOC(C)C)C3SC(=C(C#N)C(=O)C(C)(C)C)SC3C(OCCOC(C)C)C2S1. The van der Waals surface area contributed by atoms with Gasteiger partial charge in [0.05, 0.1) is 167 Å². The quantitative estimate of drug-likeness (QED) is 0.0324. The summed E-state index contributed by atoms with van der Waals surface area (Å²) in [6, 6.07) is 2.20. The summed E-state index contributed by atoms with van der Waals surface area (Å²) in [5.74, 6) is -1.70. The lowest BCUT2D eigenvalue weighted by Gasteiger charge is -2.44. The van der Waals surface area contributed by atoms with Crippen molar-refractivity contribution in [1.82, 2.24) is 20.0 Å². The van der Waals surface area contributed by atoms with E-state index in [-0.39, 0.29) is 148 Å². The number of ketones is 2. The molecular formula is C60H86N6O14S8. The summed E-state index contributed by atoms with van der Waals surface area (Å²) in [7, 11) is 6.33. The highest BCUT2D eigenvalue weighted by atomic mass is 32.2. The highest BCUT2D eigenvalue weighted by Gasteiger charge is 2.62. The minimum absolute atomic E-state index is 0.0542. The molecule has 0 aromatic carbocycles. The molecule has 8 fully saturated rings. The smallest absolute Gasteiger partial charge is 0.279 e. The normalized spacial score (nSPS) is 28.8. The first-order valence-corrected chi connectivity index (χ1v) is 36.6. The van der Waals surface area contributed by atoms with Crippen molar-refractivity contribution in [3.63, 3.8) is 0 Å². The third-order valence-corrected chi connectivity index (χ3v) is 28.0. The molecule has 0 aromatic rings. The minimum atomic E-state index is -0.696. The predicted molar refractivity (Wildman–Crippen MR) is 355 cm³/mol. The van der Waals surface area contributed by atoms with Gasteiger partial charge >= 0.3 is 0 Å². The van der Waals surface area contributed by atoms with Crippen molar-refractivity contribution in [1.29, 1.82) is 5.26 Å². The van der Waals surface area contributed by atoms with Gasteiger partial charge in [-0.15, -0.1) is 94.1 Å². The van der Waals surface area contributed by atoms with E-state index >= 15 is 0 Å². The first-order chi connectivity index (χ1) is 41.3. The summed E-state index contributed by atoms with van der Waals surface area (Å²) in [6.07, 6.45) is -1.00. The van der Waals surface area contributed by atoms with Gasteiger partial charge in [0.1, 0.15) is 22.8 Å². The number of carbonyl (C=O) groups is 6. The van der Waals surface area contributed by atoms with Gasteiger partial charge < -0.3 is 42.7 Å². The molecule has 2 aliphatic carbocycles. The van der Waals surface area contributed by atoms with Gasteiger partial charge in [-0.2, -0.15) is 5.26 Å². The Hall–Kier alpha value is -2.36. The Bertz CT molecular complexity index is 2570. The van der Waals surface area contributed by atoms with Crippen LogP contribution in [0.25, 0.3) is 4.85 Å². The van der Waals surface area contributed by atoms with Crippen LogP contribution >= 0.6 is 94.1 Å². The molecular weight excluding hydrogens is 1290 g/mol. The van der Waals surface area contributed by atoms with E-state index in [1.165, 1.54) is 114 Å². The van der Waals surface area contributed by atoms with Crippen LogP contribution in [0.3, 0.4) is 0 Å². The van der Waals surface area contributed by atoms with Crippen molar-refractivity contribution < 1.29 is 66.7 Å². The first kappa shape index (κ1) is 73.1. The first-order valence-electron chi connectivity index (χ1n) is 29.6. The number of hydrogen-bond donors (Lipinski definition) is 0. The second-order valence-electron chi connectivity index (χ2n) is 25.0. The van der Waals surface area contributed by atoms with Crippen LogP contribution in [0.2, 0.25) is 0 Å². The molecule has 0 radical (unpaired) electrons. The third-order valence-electron chi connectivity index (χ3n) is 15.0. The molecule has 4 amide bonds. The Balaban J connectivity index is 0.000000251. The summed E-state index contributed by atoms with van der Waals surface area (Å²) in [6.45, 7) is 37.8. The standard InChI is InChI=1S/C32H46N2O6S4.C28H40N4O8S4/c1-17(2)37-12-14-39-21-23-24(42-29(41-23)19(16-33)27(35)31(5,6)7)22(40-15-13-38-18(3)4)26-25(21)43-30(44-26)20(34-11)28(36)32(8,9)10;1-13(2)37-9-11-39-17-19-21(43-27(41-19)15-23(33)29(5)30(6)24(15)34)18(40-12-10-38-14(3)4)22-20(17)42-28(44-22)16-25(35)31(7)32(8)26(16)36/h17-18,21-26H,12-15H2,1-10H3;13-14,17-22H,9-12H2,1-8H3. The molecule has 0 aromatic heterocycles. The molecule has 6 heterocycles. The Morgan fingerprint density at radius 3 is 0.932 bits per heavy atom. The minimum Gasteiger partial charge on any atom is -0.376 e. The third kappa shape index (κ3) is 16.6. The highest BCUT2D eigenvalue weighted by molar-refractivity contribution is 8.28. The number of hydrazine groups is 2. The largest absolute Gasteiger partial charge is 0.376 e. The van der Waals surface area contributed by atoms with Gasteiger partial charge in [0, 0.05) is 39.0 Å². The van der Waals surface area contributed by atoms with Crippen molar-refractivity contribution in [2.45, 2.75) is 188 Å². The lowest BCUT2D eigenvalue weighted by atomic mass is 9.87. The molecule has 8 rings (SSSR count). The zero-order valence-electron chi connectivity index (χ0n) is 53.6. The Labute approximate surface area is 553 Å². The van der Waals surface area contributed by atoms with E-state index in [4.69, 9.17) is 44.5 Å². The van der Waals surface area contributed by atoms with Crippen molar-refractivity contribution in [2.24, 2.45) is 10.8 Å². The van der Waals surface area contributed by atoms with Crippen molar-refractivity contribution in [3.8, 4) is 6.07 Å². The van der Waals surface area contributed by atoms with Gasteiger partial charge in [-0.1, -0.05) is 41.5 Å². The maximum absolute atomic E-state index is 13.3. The fraction of sp³-hybridized carbons (Fsp3) is 0.733. The van der Waals surface area contributed by atoms with Crippen molar-refractivity contribution >= 4 is 129 Å². The maximum atomic E-state index is 13.3. The van der Waals surface area contributed by atoms with E-state index in [2.05, 4.69) is 10.9 Å². The van der Waals surface area contributed by atoms with Crippen molar-refractivity contribution in [2.75, 3.05) is 81.0 Å². The maximum Gasteiger partial charge on any atom is 0.279 e. The topological polar surface area (TPSA) is 217 Å². The van der Waals surface area contributed by atoms with Gasteiger partial charge in [0.2, 0.25) is 5.70 Å². The second-order valence-corrected chi connectivity index (χ2v) is 35.5. The van der Waals surface area contributed by atoms with Gasteiger partial charge in [-0.3, -0.25) is 44.0 Å². The molecule has 0 N–H and O–H groups in total. The monoisotopic (exact) mass is 1370 g/mol. The highest BCUT2D eigenvalue weighted by Crippen LogP contribution is 2.65. The lowest BCUT2D eigenvalue weighted by Crippen LogP contribution is -2.58. The van der Waals surface area contributed by atoms with E-state index in [9.17, 15) is 34.0 Å². The fourth-order valence-corrected chi connectivity index (χ4v) is 25.2. The molecule has 0 spiro atoms. The number of nitrogens with zero attached hydrogens (tertiary/aromatic N) is 6. The van der Waals surface area contributed by atoms with E-state index in [1.54, 1.807) is 28.2 Å². The molecule has 6 saturated heterocycles. The second kappa shape index (κ2) is 31.3. The summed E-state index contributed by atoms with van der Waals surface area (Å²) >= 11 is 12.1. The van der Waals surface area contributed by atoms with E-state index in [1.807, 2.05) is 96.9 Å². The van der Waals surface area contributed by atoms with Crippen molar-refractivity contribution in [3.05, 3.63) is 50.8 Å². The van der Waals surface area contributed by atoms with Gasteiger partial charge in [0.25, 0.3) is 23.6 Å². The number of nitriles is 1. The Morgan fingerprint density at radius 2 is 0.705 bits per heavy atom. The number of carbonyl (C=O) groups excluding carboxylic acids is 6. The summed E-state index contributed by atoms with van der Waals surface area (Å²) in [4.78, 5) is 82.9. The van der Waals surface area contributed by atoms with Crippen LogP contribution in [0.4, 0.5) is 0 Å². The van der Waals surface area contributed by atoms with Crippen LogP contribution in [-0.4, -0.2) is 227 Å². The molecule has 488 valence electrons. The van der Waals surface area contributed by atoms with E-state index in [0.717, 1.165) is 0 Å². The van der Waals surface area contributed by atoms with Gasteiger partial charge in [0.15, 0.2) is 11.6 Å². The molecule has 20 nitrogen and oxygen atoms in total. The average molecular weight is 1370 g/mol. The summed E-state index contributed by atoms with van der Waals surface area (Å²) < 4.78 is 52.2. The number of hydrogen-bond acceptors (Lipinski definition) is 23. The van der Waals surface area contributed by atoms with E-state index in [0.29, 0.717) is 69.8 Å². The number of rotatable bonds is 22. The number of Topliss-reactive ketones (excluding diaryl/α,β-unsaturated/α-hetero) is 2. The zero-order chi connectivity index (χ0) is 65.0. The van der Waals surface area contributed by atoms with Crippen LogP contribution in [0.15, 0.2) is 39.4 Å². The number of likely N-dealkylation sites (N-methyl/N-ethyl adjacent to an activating group) is 4. The van der Waals surface area contributed by atoms with Crippen LogP contribution in [0.5, 0.6) is 0 Å². The number of amides is 4. The zero-order valence-corrected chi connectivity index (χ0v) is 60.1. The number of thioether (sulfide) groups is 8. The average Bonchev–Trinajstić information content (AvgIpc) is 1.65. The van der Waals surface area contributed by atoms with Gasteiger partial charge in [-0.05, 0) is 55.4 Å². The Morgan fingerprint density at radius 1 is 0.455 bits per heavy atom. The van der Waals surface area contributed by atoms with Gasteiger partial charge in [-0.25, -0.2) is 4.85 Å². The molecule has 88 heavy (non-hydrogen) atoms. The number of ether oxygens (including phenoxy) is 8. The van der Waals surface area contributed by atoms with Crippen LogP contribution < -0.4 is 0 Å². The van der Waals surface area contributed by atoms with Crippen LogP contribution in [-0.2, 0) is 66.7 Å². The number of allylic oxidation sites excluding steroid dienone is 2. The molecule has 28 heteroatoms. The molecule has 6 aliphatic heterocycles. The summed E-state index contributed by atoms with van der Waals surface area (Å²) in [5.41, 5.74) is -0.694. The number of fused-ring (bicyclic) bond motifs is 4. The molecule has 10 unspecified atom stereocenters. The van der Waals surface area contributed by atoms with Crippen LogP contribution in [0, 0.1) is 28.7 Å². The summed E-state index contributed by atoms with van der Waals surface area (Å²) in [5, 5.41) is 14.3. The molecule has 0 bridgehead atoms. The predicted octanol–water partition coefficient (Wildman–Crippen LogP) is 9.28. The van der Waals surface area contributed by atoms with Crippen LogP contribution in [0.1, 0.15) is 96.9 Å². The molecule has 8 aliphatic rings.